The topological polar surface area (TPSA) is 161 Å². The number of furan rings is 2. The summed E-state index contributed by atoms with van der Waals surface area (Å²) in [5.41, 5.74) is 9.28. The lowest BCUT2D eigenvalue weighted by molar-refractivity contribution is -0.161. The van der Waals surface area contributed by atoms with Crippen molar-refractivity contribution in [3.05, 3.63) is 45.8 Å². The molecule has 0 aliphatic heterocycles. The van der Waals surface area contributed by atoms with Gasteiger partial charge in [0.15, 0.2) is 6.10 Å². The van der Waals surface area contributed by atoms with Gasteiger partial charge in [0.05, 0.1) is 13.2 Å². The van der Waals surface area contributed by atoms with Crippen LogP contribution in [0.5, 0.6) is 0 Å². The van der Waals surface area contributed by atoms with Crippen molar-refractivity contribution in [3.8, 4) is 0 Å². The number of ether oxygens (including phenoxy) is 2. The van der Waals surface area contributed by atoms with Gasteiger partial charge < -0.3 is 28.9 Å². The van der Waals surface area contributed by atoms with E-state index in [0.717, 1.165) is 107 Å². The lowest BCUT2D eigenvalue weighted by atomic mass is 10.0. The van der Waals surface area contributed by atoms with E-state index in [9.17, 15) is 19.0 Å². The van der Waals surface area contributed by atoms with Crippen molar-refractivity contribution in [3.63, 3.8) is 0 Å². The van der Waals surface area contributed by atoms with Gasteiger partial charge >= 0.3 is 19.8 Å². The molecule has 1 unspecified atom stereocenters. The van der Waals surface area contributed by atoms with E-state index in [-0.39, 0.29) is 32.6 Å². The Kier molecular flexibility index (Phi) is 29.7. The lowest BCUT2D eigenvalue weighted by Crippen LogP contribution is -2.29. The Labute approximate surface area is 363 Å². The molecule has 346 valence electrons. The molecule has 0 radical (unpaired) electrons. The summed E-state index contributed by atoms with van der Waals surface area (Å²) in [6, 6.07) is 2.22. The molecule has 2 aromatic rings. The van der Waals surface area contributed by atoms with Crippen molar-refractivity contribution >= 4 is 19.8 Å². The monoisotopic (exact) mass is 866 g/mol. The van der Waals surface area contributed by atoms with E-state index in [2.05, 4.69) is 40.7 Å². The molecule has 0 spiro atoms. The summed E-state index contributed by atoms with van der Waals surface area (Å²) < 4.78 is 45.2. The number of nitrogens with two attached hydrogens (primary N) is 1. The minimum absolute atomic E-state index is 0.0442. The first-order valence-corrected chi connectivity index (χ1v) is 25.3. The molecule has 2 atom stereocenters. The van der Waals surface area contributed by atoms with Gasteiger partial charge in [-0.15, -0.1) is 0 Å². The molecule has 3 N–H and O–H groups in total. The van der Waals surface area contributed by atoms with Crippen molar-refractivity contribution in [1.82, 2.24) is 0 Å². The lowest BCUT2D eigenvalue weighted by Gasteiger charge is -2.19. The number of aryl methyl sites for hydroxylation is 5. The number of hydrogen-bond donors (Lipinski definition) is 2. The van der Waals surface area contributed by atoms with Gasteiger partial charge in [0, 0.05) is 45.1 Å². The van der Waals surface area contributed by atoms with Crippen LogP contribution in [0.25, 0.3) is 0 Å². The third-order valence-electron chi connectivity index (χ3n) is 11.3. The van der Waals surface area contributed by atoms with Gasteiger partial charge in [-0.05, 0) is 82.1 Å². The van der Waals surface area contributed by atoms with E-state index >= 15 is 0 Å². The van der Waals surface area contributed by atoms with Gasteiger partial charge in [0.25, 0.3) is 0 Å². The zero-order chi connectivity index (χ0) is 43.9. The molecule has 2 aromatic heterocycles. The van der Waals surface area contributed by atoms with E-state index in [1.54, 1.807) is 0 Å². The van der Waals surface area contributed by atoms with Crippen molar-refractivity contribution in [2.75, 3.05) is 26.4 Å². The second-order valence-corrected chi connectivity index (χ2v) is 18.2. The van der Waals surface area contributed by atoms with Crippen molar-refractivity contribution in [2.45, 2.75) is 221 Å². The molecule has 0 aliphatic carbocycles. The van der Waals surface area contributed by atoms with Gasteiger partial charge in [-0.1, -0.05) is 117 Å². The summed E-state index contributed by atoms with van der Waals surface area (Å²) in [6.07, 6.45) is 27.9. The van der Waals surface area contributed by atoms with E-state index in [1.165, 1.54) is 93.1 Å². The minimum Gasteiger partial charge on any atom is -0.466 e. The second-order valence-electron chi connectivity index (χ2n) is 16.8. The molecule has 12 heteroatoms. The van der Waals surface area contributed by atoms with Gasteiger partial charge in [-0.2, -0.15) is 0 Å². The van der Waals surface area contributed by atoms with Crippen LogP contribution < -0.4 is 5.73 Å². The Hall–Kier alpha value is -2.43. The summed E-state index contributed by atoms with van der Waals surface area (Å²) in [5, 5.41) is 0. The summed E-state index contributed by atoms with van der Waals surface area (Å²) in [7, 11) is -4.40. The number of phosphoric ester groups is 1. The number of esters is 2. The Balaban J connectivity index is 1.54. The first-order chi connectivity index (χ1) is 29.0. The number of carbonyl (C=O) groups is 2. The van der Waals surface area contributed by atoms with Crippen molar-refractivity contribution < 1.29 is 46.4 Å². The molecule has 0 saturated heterocycles. The molecule has 0 fully saturated rings. The standard InChI is InChI=1S/C48H84NO10P/c1-6-8-23-29-42-36-39(3)44(57-42)30-24-19-15-11-9-10-12-17-21-26-32-47(50)54-37-43(38-56-60(52,53)55-35-34-49)58-48(51)33-27-22-18-14-13-16-20-25-31-46-41(5)40(4)45(59-46)28-7-2/h36,43H,6-35,37-38,49H2,1-5H3,(H,52,53)/t43-/m1/s1. The Morgan fingerprint density at radius 2 is 1.12 bits per heavy atom. The number of rotatable bonds is 39. The molecule has 0 aliphatic rings. The first-order valence-electron chi connectivity index (χ1n) is 23.8. The highest BCUT2D eigenvalue weighted by Crippen LogP contribution is 2.43. The normalized spacial score (nSPS) is 13.1. The molecule has 0 aromatic carbocycles. The van der Waals surface area contributed by atoms with Gasteiger partial charge in [0.1, 0.15) is 29.6 Å². The maximum atomic E-state index is 12.7. The second kappa shape index (κ2) is 33.2. The quantitative estimate of drug-likeness (QED) is 0.0374. The fourth-order valence-corrected chi connectivity index (χ4v) is 8.29. The highest BCUT2D eigenvalue weighted by atomic mass is 31.2. The maximum Gasteiger partial charge on any atom is 0.472 e. The number of phosphoric acid groups is 1. The molecule has 2 heterocycles. The van der Waals surface area contributed by atoms with E-state index in [1.807, 2.05) is 0 Å². The van der Waals surface area contributed by atoms with Gasteiger partial charge in [-0.3, -0.25) is 18.6 Å². The van der Waals surface area contributed by atoms with Crippen LogP contribution in [0.3, 0.4) is 0 Å². The van der Waals surface area contributed by atoms with Crippen LogP contribution in [0.2, 0.25) is 0 Å². The third kappa shape index (κ3) is 24.9. The first kappa shape index (κ1) is 53.7. The third-order valence-corrected chi connectivity index (χ3v) is 12.3. The Bertz CT molecular complexity index is 1470. The van der Waals surface area contributed by atoms with Crippen molar-refractivity contribution in [2.24, 2.45) is 5.73 Å². The van der Waals surface area contributed by atoms with E-state index < -0.39 is 32.5 Å². The smallest absolute Gasteiger partial charge is 0.466 e. The van der Waals surface area contributed by atoms with Crippen LogP contribution in [0.4, 0.5) is 0 Å². The summed E-state index contributed by atoms with van der Waals surface area (Å²) in [6.45, 7) is 10.1. The molecule has 60 heavy (non-hydrogen) atoms. The maximum absolute atomic E-state index is 12.7. The van der Waals surface area contributed by atoms with Crippen LogP contribution in [0, 0.1) is 20.8 Å². The largest absolute Gasteiger partial charge is 0.472 e. The zero-order valence-electron chi connectivity index (χ0n) is 38.4. The molecular formula is C48H84NO10P. The molecule has 0 amide bonds. The van der Waals surface area contributed by atoms with Gasteiger partial charge in [0.2, 0.25) is 0 Å². The zero-order valence-corrected chi connectivity index (χ0v) is 39.3. The van der Waals surface area contributed by atoms with Gasteiger partial charge in [-0.25, -0.2) is 4.57 Å². The highest BCUT2D eigenvalue weighted by Gasteiger charge is 2.26. The van der Waals surface area contributed by atoms with Crippen LogP contribution in [0.1, 0.15) is 208 Å². The predicted octanol–water partition coefficient (Wildman–Crippen LogP) is 12.6. The van der Waals surface area contributed by atoms with Crippen LogP contribution in [-0.4, -0.2) is 49.3 Å². The Morgan fingerprint density at radius 3 is 1.67 bits per heavy atom. The highest BCUT2D eigenvalue weighted by molar-refractivity contribution is 7.47. The molecule has 0 saturated carbocycles. The number of carbonyl (C=O) groups excluding carboxylic acids is 2. The summed E-state index contributed by atoms with van der Waals surface area (Å²) in [5.74, 6) is 3.74. The van der Waals surface area contributed by atoms with Crippen LogP contribution >= 0.6 is 7.82 Å². The van der Waals surface area contributed by atoms with Crippen molar-refractivity contribution in [1.29, 1.82) is 0 Å². The summed E-state index contributed by atoms with van der Waals surface area (Å²) in [4.78, 5) is 35.1. The molecular weight excluding hydrogens is 781 g/mol. The van der Waals surface area contributed by atoms with E-state index in [0.29, 0.717) is 6.42 Å². The Morgan fingerprint density at radius 1 is 0.617 bits per heavy atom. The fourth-order valence-electron chi connectivity index (χ4n) is 7.52. The number of unbranched alkanes of at least 4 members (excludes halogenated alkanes) is 18. The molecule has 11 nitrogen and oxygen atoms in total. The predicted molar refractivity (Wildman–Crippen MR) is 240 cm³/mol. The SMILES string of the molecule is CCCCCc1cc(C)c(CCCCCCCCCCCCC(=O)OC[C@H](COP(=O)(O)OCCN)OC(=O)CCCCCCCCCCc2oc(CCC)c(C)c2C)o1. The average molecular weight is 866 g/mol. The fraction of sp³-hybridized carbons (Fsp3) is 0.792. The average Bonchev–Trinajstić information content (AvgIpc) is 3.71. The molecule has 0 bridgehead atoms. The minimum atomic E-state index is -4.40. The van der Waals surface area contributed by atoms with Crippen LogP contribution in [0.15, 0.2) is 14.9 Å². The summed E-state index contributed by atoms with van der Waals surface area (Å²) >= 11 is 0. The van der Waals surface area contributed by atoms with Crippen LogP contribution in [-0.2, 0) is 58.4 Å². The number of hydrogen-bond acceptors (Lipinski definition) is 10. The molecule has 2 rings (SSSR count). The van der Waals surface area contributed by atoms with E-state index in [4.69, 9.17) is 33.1 Å².